The SMILES string of the molecule is CCCCCN(CCCCC)C(=O)N1CCN(C(=O)N(c2ccccc2)c2ccccc2)C(C(=O)OC)C1. The molecular formula is C30H42N4O4. The van der Waals surface area contributed by atoms with Gasteiger partial charge in [0, 0.05) is 26.2 Å². The molecule has 8 heteroatoms. The standard InChI is InChI=1S/C30H42N4O4/c1-4-6-14-20-31(21-15-7-5-2)29(36)32-22-23-33(27(24-32)28(35)38-3)30(37)34(25-16-10-8-11-17-25)26-18-12-9-13-19-26/h8-13,16-19,27H,4-7,14-15,20-24H2,1-3H3. The van der Waals surface area contributed by atoms with E-state index in [1.807, 2.05) is 65.6 Å². The number of nitrogens with zero attached hydrogens (tertiary/aromatic N) is 4. The van der Waals surface area contributed by atoms with Crippen molar-refractivity contribution in [2.75, 3.05) is 44.7 Å². The predicted octanol–water partition coefficient (Wildman–Crippen LogP) is 5.91. The van der Waals surface area contributed by atoms with Crippen LogP contribution < -0.4 is 4.90 Å². The van der Waals surface area contributed by atoms with Crippen LogP contribution in [0.25, 0.3) is 0 Å². The normalized spacial score (nSPS) is 15.2. The fourth-order valence-corrected chi connectivity index (χ4v) is 4.78. The second-order valence-corrected chi connectivity index (χ2v) is 9.65. The average Bonchev–Trinajstić information content (AvgIpc) is 2.96. The number of anilines is 2. The van der Waals surface area contributed by atoms with E-state index < -0.39 is 12.0 Å². The third-order valence-corrected chi connectivity index (χ3v) is 6.92. The first-order valence-electron chi connectivity index (χ1n) is 13.8. The van der Waals surface area contributed by atoms with Gasteiger partial charge in [-0.25, -0.2) is 14.4 Å². The number of hydrogen-bond donors (Lipinski definition) is 0. The molecule has 1 atom stereocenters. The van der Waals surface area contributed by atoms with Crippen molar-refractivity contribution in [1.82, 2.24) is 14.7 Å². The minimum atomic E-state index is -0.895. The van der Waals surface area contributed by atoms with E-state index in [-0.39, 0.29) is 25.2 Å². The van der Waals surface area contributed by atoms with Crippen molar-refractivity contribution in [3.63, 3.8) is 0 Å². The highest BCUT2D eigenvalue weighted by molar-refractivity contribution is 6.01. The second-order valence-electron chi connectivity index (χ2n) is 9.65. The summed E-state index contributed by atoms with van der Waals surface area (Å²) >= 11 is 0. The largest absolute Gasteiger partial charge is 0.467 e. The molecule has 3 rings (SSSR count). The van der Waals surface area contributed by atoms with Crippen LogP contribution in [0.15, 0.2) is 60.7 Å². The third-order valence-electron chi connectivity index (χ3n) is 6.92. The number of benzene rings is 2. The van der Waals surface area contributed by atoms with Gasteiger partial charge in [-0.3, -0.25) is 4.90 Å². The Balaban J connectivity index is 1.83. The van der Waals surface area contributed by atoms with Gasteiger partial charge in [0.15, 0.2) is 0 Å². The summed E-state index contributed by atoms with van der Waals surface area (Å²) in [6.45, 7) is 6.39. The Morgan fingerprint density at radius 2 is 1.32 bits per heavy atom. The minimum absolute atomic E-state index is 0.0683. The van der Waals surface area contributed by atoms with Crippen LogP contribution in [-0.4, -0.2) is 78.6 Å². The van der Waals surface area contributed by atoms with Crippen LogP contribution in [0.4, 0.5) is 21.0 Å². The molecule has 0 saturated carbocycles. The van der Waals surface area contributed by atoms with Crippen molar-refractivity contribution in [3.8, 4) is 0 Å². The zero-order valence-electron chi connectivity index (χ0n) is 23.1. The van der Waals surface area contributed by atoms with Gasteiger partial charge in [-0.15, -0.1) is 0 Å². The number of esters is 1. The topological polar surface area (TPSA) is 73.4 Å². The summed E-state index contributed by atoms with van der Waals surface area (Å²) in [5.41, 5.74) is 1.40. The minimum Gasteiger partial charge on any atom is -0.467 e. The summed E-state index contributed by atoms with van der Waals surface area (Å²) in [5, 5.41) is 0. The molecule has 0 spiro atoms. The Bertz CT molecular complexity index is 968. The summed E-state index contributed by atoms with van der Waals surface area (Å²) in [7, 11) is 1.32. The lowest BCUT2D eigenvalue weighted by Gasteiger charge is -2.43. The lowest BCUT2D eigenvalue weighted by atomic mass is 10.1. The lowest BCUT2D eigenvalue weighted by Crippen LogP contribution is -2.63. The molecular weight excluding hydrogens is 480 g/mol. The Hall–Kier alpha value is -3.55. The van der Waals surface area contributed by atoms with Gasteiger partial charge in [-0.1, -0.05) is 75.9 Å². The molecule has 1 aliphatic rings. The van der Waals surface area contributed by atoms with E-state index in [2.05, 4.69) is 13.8 Å². The van der Waals surface area contributed by atoms with Gasteiger partial charge >= 0.3 is 18.0 Å². The molecule has 4 amide bonds. The van der Waals surface area contributed by atoms with Crippen molar-refractivity contribution in [2.45, 2.75) is 58.4 Å². The highest BCUT2D eigenvalue weighted by Crippen LogP contribution is 2.28. The van der Waals surface area contributed by atoms with Gasteiger partial charge in [0.25, 0.3) is 0 Å². The Morgan fingerprint density at radius 3 is 1.79 bits per heavy atom. The van der Waals surface area contributed by atoms with Crippen LogP contribution in [0, 0.1) is 0 Å². The highest BCUT2D eigenvalue weighted by atomic mass is 16.5. The third kappa shape index (κ3) is 7.49. The number of methoxy groups -OCH3 is 1. The summed E-state index contributed by atoms with van der Waals surface area (Å²) in [5.74, 6) is -0.527. The van der Waals surface area contributed by atoms with E-state index in [4.69, 9.17) is 4.74 Å². The molecule has 1 unspecified atom stereocenters. The number of piperazine rings is 1. The number of urea groups is 2. The Labute approximate surface area is 227 Å². The predicted molar refractivity (Wildman–Crippen MR) is 151 cm³/mol. The Kier molecular flexibility index (Phi) is 11.5. The van der Waals surface area contributed by atoms with E-state index in [9.17, 15) is 14.4 Å². The number of amides is 4. The van der Waals surface area contributed by atoms with E-state index in [1.54, 1.807) is 9.80 Å². The number of rotatable bonds is 11. The van der Waals surface area contributed by atoms with Crippen LogP contribution in [0.1, 0.15) is 52.4 Å². The maximum atomic E-state index is 14.0. The van der Waals surface area contributed by atoms with E-state index in [0.717, 1.165) is 38.5 Å². The van der Waals surface area contributed by atoms with Crippen LogP contribution in [-0.2, 0) is 9.53 Å². The van der Waals surface area contributed by atoms with E-state index in [1.165, 1.54) is 12.0 Å². The van der Waals surface area contributed by atoms with Crippen LogP contribution in [0.3, 0.4) is 0 Å². The first-order valence-corrected chi connectivity index (χ1v) is 13.8. The van der Waals surface area contributed by atoms with Gasteiger partial charge in [-0.05, 0) is 37.1 Å². The summed E-state index contributed by atoms with van der Waals surface area (Å²) in [4.78, 5) is 47.3. The van der Waals surface area contributed by atoms with Crippen molar-refractivity contribution in [2.24, 2.45) is 0 Å². The molecule has 38 heavy (non-hydrogen) atoms. The molecule has 8 nitrogen and oxygen atoms in total. The quantitative estimate of drug-likeness (QED) is 0.272. The lowest BCUT2D eigenvalue weighted by molar-refractivity contribution is -0.147. The van der Waals surface area contributed by atoms with Gasteiger partial charge in [0.2, 0.25) is 0 Å². The second kappa shape index (κ2) is 15.0. The van der Waals surface area contributed by atoms with Gasteiger partial charge in [-0.2, -0.15) is 0 Å². The average molecular weight is 523 g/mol. The maximum absolute atomic E-state index is 14.0. The maximum Gasteiger partial charge on any atom is 0.330 e. The molecule has 2 aromatic carbocycles. The van der Waals surface area contributed by atoms with E-state index in [0.29, 0.717) is 31.0 Å². The molecule has 1 fully saturated rings. The fourth-order valence-electron chi connectivity index (χ4n) is 4.78. The molecule has 0 N–H and O–H groups in total. The van der Waals surface area contributed by atoms with E-state index >= 15 is 0 Å². The number of carbonyl (C=O) groups excluding carboxylic acids is 3. The van der Waals surface area contributed by atoms with Crippen LogP contribution >= 0.6 is 0 Å². The number of hydrogen-bond acceptors (Lipinski definition) is 4. The number of ether oxygens (including phenoxy) is 1. The van der Waals surface area contributed by atoms with Crippen molar-refractivity contribution in [3.05, 3.63) is 60.7 Å². The Morgan fingerprint density at radius 1 is 0.789 bits per heavy atom. The molecule has 2 aromatic rings. The summed E-state index contributed by atoms with van der Waals surface area (Å²) in [6, 6.07) is 17.4. The molecule has 1 aliphatic heterocycles. The number of carbonyl (C=O) groups is 3. The molecule has 1 heterocycles. The fraction of sp³-hybridized carbons (Fsp3) is 0.500. The van der Waals surface area contributed by atoms with Crippen molar-refractivity contribution in [1.29, 1.82) is 0 Å². The van der Waals surface area contributed by atoms with Gasteiger partial charge < -0.3 is 19.4 Å². The number of unbranched alkanes of at least 4 members (excludes halogenated alkanes) is 4. The van der Waals surface area contributed by atoms with Gasteiger partial charge in [0.1, 0.15) is 6.04 Å². The molecule has 1 saturated heterocycles. The first kappa shape index (κ1) is 29.0. The van der Waals surface area contributed by atoms with Gasteiger partial charge in [0.05, 0.1) is 25.0 Å². The summed E-state index contributed by atoms with van der Waals surface area (Å²) < 4.78 is 5.11. The van der Waals surface area contributed by atoms with Crippen molar-refractivity contribution >= 4 is 29.4 Å². The monoisotopic (exact) mass is 522 g/mol. The molecule has 0 aromatic heterocycles. The van der Waals surface area contributed by atoms with Crippen LogP contribution in [0.5, 0.6) is 0 Å². The number of para-hydroxylation sites is 2. The molecule has 0 radical (unpaired) electrons. The molecule has 0 bridgehead atoms. The van der Waals surface area contributed by atoms with Crippen LogP contribution in [0.2, 0.25) is 0 Å². The summed E-state index contributed by atoms with van der Waals surface area (Å²) in [6.07, 6.45) is 6.22. The smallest absolute Gasteiger partial charge is 0.330 e. The zero-order chi connectivity index (χ0) is 27.3. The molecule has 206 valence electrons. The van der Waals surface area contributed by atoms with Crippen molar-refractivity contribution < 1.29 is 19.1 Å². The highest BCUT2D eigenvalue weighted by Gasteiger charge is 2.40. The molecule has 0 aliphatic carbocycles. The zero-order valence-corrected chi connectivity index (χ0v) is 23.1. The first-order chi connectivity index (χ1) is 18.5.